The van der Waals surface area contributed by atoms with E-state index in [2.05, 4.69) is 26.9 Å². The van der Waals surface area contributed by atoms with E-state index in [1.54, 1.807) is 0 Å². The zero-order valence-corrected chi connectivity index (χ0v) is 12.3. The summed E-state index contributed by atoms with van der Waals surface area (Å²) in [4.78, 5) is 16.0. The molecule has 1 aromatic rings. The van der Waals surface area contributed by atoms with Gasteiger partial charge in [0.15, 0.2) is 0 Å². The highest BCUT2D eigenvalue weighted by Crippen LogP contribution is 2.30. The first-order valence-corrected chi connectivity index (χ1v) is 7.42. The van der Waals surface area contributed by atoms with Gasteiger partial charge in [0, 0.05) is 47.8 Å². The van der Waals surface area contributed by atoms with E-state index in [1.165, 1.54) is 0 Å². The van der Waals surface area contributed by atoms with E-state index >= 15 is 0 Å². The molecule has 2 fully saturated rings. The van der Waals surface area contributed by atoms with Crippen LogP contribution in [-0.2, 0) is 11.4 Å². The molecule has 1 amide bonds. The second-order valence-electron chi connectivity index (χ2n) is 5.16. The van der Waals surface area contributed by atoms with Crippen LogP contribution in [0, 0.1) is 0 Å². The standard InChI is InChI=1S/C14H17BrN2O2/c15-11-2-1-10(9-18)13(7-11)16-5-6-17-12(8-16)3-4-14(17)19/h1-2,7,12,18H,3-6,8-9H2. The molecule has 19 heavy (non-hydrogen) atoms. The molecule has 1 unspecified atom stereocenters. The van der Waals surface area contributed by atoms with Crippen molar-refractivity contribution in [3.63, 3.8) is 0 Å². The van der Waals surface area contributed by atoms with Gasteiger partial charge in [-0.2, -0.15) is 0 Å². The number of rotatable bonds is 2. The fraction of sp³-hybridized carbons (Fsp3) is 0.500. The van der Waals surface area contributed by atoms with Crippen molar-refractivity contribution in [3.8, 4) is 0 Å². The van der Waals surface area contributed by atoms with Crippen molar-refractivity contribution in [1.29, 1.82) is 0 Å². The third-order valence-corrected chi connectivity index (χ3v) is 4.55. The van der Waals surface area contributed by atoms with Gasteiger partial charge in [-0.15, -0.1) is 0 Å². The predicted molar refractivity (Wildman–Crippen MR) is 77.0 cm³/mol. The monoisotopic (exact) mass is 324 g/mol. The predicted octanol–water partition coefficient (Wildman–Crippen LogP) is 1.75. The second kappa shape index (κ2) is 5.13. The first kappa shape index (κ1) is 12.9. The van der Waals surface area contributed by atoms with Crippen LogP contribution in [0.1, 0.15) is 18.4 Å². The lowest BCUT2D eigenvalue weighted by atomic mass is 10.1. The summed E-state index contributed by atoms with van der Waals surface area (Å²) in [6.45, 7) is 2.55. The number of aliphatic hydroxyl groups is 1. The lowest BCUT2D eigenvalue weighted by Crippen LogP contribution is -2.51. The molecule has 0 bridgehead atoms. The summed E-state index contributed by atoms with van der Waals surface area (Å²) in [5.74, 6) is 0.293. The highest BCUT2D eigenvalue weighted by atomic mass is 79.9. The third kappa shape index (κ3) is 2.37. The smallest absolute Gasteiger partial charge is 0.223 e. The van der Waals surface area contributed by atoms with Crippen molar-refractivity contribution in [2.45, 2.75) is 25.5 Å². The summed E-state index contributed by atoms with van der Waals surface area (Å²) in [6, 6.07) is 6.29. The Labute approximate surface area is 121 Å². The zero-order valence-electron chi connectivity index (χ0n) is 10.7. The van der Waals surface area contributed by atoms with E-state index in [0.717, 1.165) is 41.8 Å². The normalized spacial score (nSPS) is 22.8. The van der Waals surface area contributed by atoms with Crippen molar-refractivity contribution in [2.24, 2.45) is 0 Å². The van der Waals surface area contributed by atoms with Crippen LogP contribution in [0.25, 0.3) is 0 Å². The van der Waals surface area contributed by atoms with Crippen LogP contribution < -0.4 is 4.90 Å². The van der Waals surface area contributed by atoms with Gasteiger partial charge in [0.25, 0.3) is 0 Å². The average molecular weight is 325 g/mol. The van der Waals surface area contributed by atoms with Crippen LogP contribution in [-0.4, -0.2) is 41.6 Å². The highest BCUT2D eigenvalue weighted by Gasteiger charge is 2.35. The van der Waals surface area contributed by atoms with E-state index in [9.17, 15) is 9.90 Å². The van der Waals surface area contributed by atoms with E-state index in [4.69, 9.17) is 0 Å². The van der Waals surface area contributed by atoms with E-state index in [1.807, 2.05) is 17.0 Å². The molecule has 2 heterocycles. The van der Waals surface area contributed by atoms with Gasteiger partial charge in [-0.25, -0.2) is 0 Å². The number of carbonyl (C=O) groups is 1. The van der Waals surface area contributed by atoms with Crippen LogP contribution in [0.5, 0.6) is 0 Å². The van der Waals surface area contributed by atoms with E-state index in [0.29, 0.717) is 18.4 Å². The number of nitrogens with zero attached hydrogens (tertiary/aromatic N) is 2. The number of hydrogen-bond donors (Lipinski definition) is 1. The van der Waals surface area contributed by atoms with Crippen LogP contribution in [0.3, 0.4) is 0 Å². The molecular weight excluding hydrogens is 308 g/mol. The number of aliphatic hydroxyl groups excluding tert-OH is 1. The minimum atomic E-state index is 0.0480. The van der Waals surface area contributed by atoms with Gasteiger partial charge in [0.1, 0.15) is 0 Å². The molecule has 5 heteroatoms. The minimum absolute atomic E-state index is 0.0480. The molecule has 102 valence electrons. The van der Waals surface area contributed by atoms with Crippen LogP contribution in [0.2, 0.25) is 0 Å². The molecule has 2 aliphatic rings. The largest absolute Gasteiger partial charge is 0.392 e. The van der Waals surface area contributed by atoms with Crippen molar-refractivity contribution >= 4 is 27.5 Å². The van der Waals surface area contributed by atoms with Gasteiger partial charge in [-0.05, 0) is 18.6 Å². The summed E-state index contributed by atoms with van der Waals surface area (Å²) in [7, 11) is 0. The Morgan fingerprint density at radius 1 is 1.37 bits per heavy atom. The molecule has 1 atom stereocenters. The van der Waals surface area contributed by atoms with Gasteiger partial charge in [-0.1, -0.05) is 22.0 Å². The van der Waals surface area contributed by atoms with Gasteiger partial charge < -0.3 is 14.9 Å². The number of piperazine rings is 1. The first-order chi connectivity index (χ1) is 9.19. The second-order valence-corrected chi connectivity index (χ2v) is 6.07. The molecule has 1 aromatic carbocycles. The topological polar surface area (TPSA) is 43.8 Å². The quantitative estimate of drug-likeness (QED) is 0.901. The third-order valence-electron chi connectivity index (χ3n) is 4.05. The number of benzene rings is 1. The molecular formula is C14H17BrN2O2. The van der Waals surface area contributed by atoms with Crippen molar-refractivity contribution in [3.05, 3.63) is 28.2 Å². The number of fused-ring (bicyclic) bond motifs is 1. The molecule has 1 N–H and O–H groups in total. The van der Waals surface area contributed by atoms with E-state index < -0.39 is 0 Å². The Bertz CT molecular complexity index is 506. The zero-order chi connectivity index (χ0) is 13.4. The maximum Gasteiger partial charge on any atom is 0.223 e. The summed E-state index contributed by atoms with van der Waals surface area (Å²) in [5.41, 5.74) is 2.02. The molecule has 2 aliphatic heterocycles. The summed E-state index contributed by atoms with van der Waals surface area (Å²) in [5, 5.41) is 9.46. The fourth-order valence-corrected chi connectivity index (χ4v) is 3.40. The highest BCUT2D eigenvalue weighted by molar-refractivity contribution is 9.10. The molecule has 0 aromatic heterocycles. The number of amides is 1. The van der Waals surface area contributed by atoms with Crippen molar-refractivity contribution in [2.75, 3.05) is 24.5 Å². The Balaban J connectivity index is 1.84. The Morgan fingerprint density at radius 2 is 2.21 bits per heavy atom. The molecule has 0 aliphatic carbocycles. The Hall–Kier alpha value is -1.07. The molecule has 0 radical (unpaired) electrons. The van der Waals surface area contributed by atoms with Gasteiger partial charge >= 0.3 is 0 Å². The summed E-state index contributed by atoms with van der Waals surface area (Å²) in [6.07, 6.45) is 1.64. The first-order valence-electron chi connectivity index (χ1n) is 6.63. The minimum Gasteiger partial charge on any atom is -0.392 e. The van der Waals surface area contributed by atoms with Gasteiger partial charge in [0.05, 0.1) is 6.61 Å². The lowest BCUT2D eigenvalue weighted by molar-refractivity contribution is -0.129. The fourth-order valence-electron chi connectivity index (χ4n) is 3.05. The van der Waals surface area contributed by atoms with Gasteiger partial charge in [-0.3, -0.25) is 4.79 Å². The Kier molecular flexibility index (Phi) is 3.50. The maximum atomic E-state index is 11.7. The van der Waals surface area contributed by atoms with Crippen LogP contribution in [0.4, 0.5) is 5.69 Å². The number of hydrogen-bond acceptors (Lipinski definition) is 3. The number of anilines is 1. The maximum absolute atomic E-state index is 11.7. The van der Waals surface area contributed by atoms with Crippen LogP contribution >= 0.6 is 15.9 Å². The summed E-state index contributed by atoms with van der Waals surface area (Å²) >= 11 is 3.49. The van der Waals surface area contributed by atoms with Gasteiger partial charge in [0.2, 0.25) is 5.91 Å². The van der Waals surface area contributed by atoms with E-state index in [-0.39, 0.29) is 6.61 Å². The summed E-state index contributed by atoms with van der Waals surface area (Å²) < 4.78 is 1.02. The molecule has 0 saturated carbocycles. The van der Waals surface area contributed by atoms with Crippen LogP contribution in [0.15, 0.2) is 22.7 Å². The van der Waals surface area contributed by atoms with Crippen molar-refractivity contribution in [1.82, 2.24) is 4.90 Å². The number of halogens is 1. The SMILES string of the molecule is O=C1CCC2CN(c3cc(Br)ccc3CO)CCN12. The molecule has 0 spiro atoms. The average Bonchev–Trinajstić information content (AvgIpc) is 2.80. The molecule has 4 nitrogen and oxygen atoms in total. The number of carbonyl (C=O) groups excluding carboxylic acids is 1. The molecule has 2 saturated heterocycles. The Morgan fingerprint density at radius 3 is 3.00 bits per heavy atom. The molecule has 3 rings (SSSR count). The lowest BCUT2D eigenvalue weighted by Gasteiger charge is -2.39. The van der Waals surface area contributed by atoms with Crippen molar-refractivity contribution < 1.29 is 9.90 Å².